The minimum Gasteiger partial charge on any atom is -0.454 e. The molecule has 48 heavy (non-hydrogen) atoms. The van der Waals surface area contributed by atoms with E-state index >= 15 is 4.57 Å². The lowest BCUT2D eigenvalue weighted by molar-refractivity contribution is 0.465. The van der Waals surface area contributed by atoms with Gasteiger partial charge in [-0.1, -0.05) is 84.9 Å². The van der Waals surface area contributed by atoms with Crippen molar-refractivity contribution in [3.8, 4) is 67.5 Å². The number of benzene rings is 5. The van der Waals surface area contributed by atoms with E-state index in [1.165, 1.54) is 0 Å². The first kappa shape index (κ1) is 28.5. The number of para-hydroxylation sites is 2. The van der Waals surface area contributed by atoms with Crippen LogP contribution >= 0.6 is 7.14 Å². The van der Waals surface area contributed by atoms with Crippen LogP contribution in [0.15, 0.2) is 140 Å². The van der Waals surface area contributed by atoms with Crippen molar-refractivity contribution >= 4 is 23.1 Å². The van der Waals surface area contributed by atoms with E-state index < -0.39 is 7.14 Å². The largest absolute Gasteiger partial charge is 0.454 e. The van der Waals surface area contributed by atoms with Gasteiger partial charge in [-0.15, -0.1) is 0 Å². The Balaban J connectivity index is 1.44. The molecule has 2 aliphatic heterocycles. The third-order valence-electron chi connectivity index (χ3n) is 9.18. The van der Waals surface area contributed by atoms with Gasteiger partial charge in [0.2, 0.25) is 0 Å². The van der Waals surface area contributed by atoms with Gasteiger partial charge >= 0.3 is 0 Å². The molecule has 0 radical (unpaired) electrons. The van der Waals surface area contributed by atoms with E-state index in [4.69, 9.17) is 9.47 Å². The molecule has 4 heterocycles. The fraction of sp³-hybridized carbons (Fsp3) is 0.0476. The quantitative estimate of drug-likeness (QED) is 0.179. The number of nitrogens with zero attached hydrogens (tertiary/aromatic N) is 2. The van der Waals surface area contributed by atoms with Crippen molar-refractivity contribution in [3.05, 3.63) is 151 Å². The second-order valence-corrected chi connectivity index (χ2v) is 14.8. The number of pyridine rings is 2. The van der Waals surface area contributed by atoms with Crippen LogP contribution in [0, 0.1) is 13.8 Å². The highest BCUT2D eigenvalue weighted by molar-refractivity contribution is 7.86. The van der Waals surface area contributed by atoms with Crippen molar-refractivity contribution in [3.63, 3.8) is 0 Å². The Labute approximate surface area is 278 Å². The van der Waals surface area contributed by atoms with Gasteiger partial charge in [0.05, 0.1) is 10.6 Å². The molecule has 0 N–H and O–H groups in total. The summed E-state index contributed by atoms with van der Waals surface area (Å²) in [5, 5.41) is 1.90. The first-order chi connectivity index (χ1) is 23.5. The maximum Gasteiger partial charge on any atom is 0.185 e. The van der Waals surface area contributed by atoms with Crippen LogP contribution in [0.4, 0.5) is 0 Å². The number of aryl methyl sites for hydroxylation is 2. The molecular formula is C42H29N2O3P. The third kappa shape index (κ3) is 4.28. The fourth-order valence-corrected chi connectivity index (χ4v) is 10.1. The Kier molecular flexibility index (Phi) is 6.46. The summed E-state index contributed by atoms with van der Waals surface area (Å²) < 4.78 is 30.7. The monoisotopic (exact) mass is 640 g/mol. The van der Waals surface area contributed by atoms with Crippen LogP contribution in [0.3, 0.4) is 0 Å². The second-order valence-electron chi connectivity index (χ2n) is 12.2. The molecule has 0 saturated carbocycles. The molecule has 6 heteroatoms. The normalized spacial score (nSPS) is 13.4. The van der Waals surface area contributed by atoms with Crippen LogP contribution in [0.1, 0.15) is 11.4 Å². The van der Waals surface area contributed by atoms with Crippen LogP contribution < -0.4 is 25.4 Å². The van der Waals surface area contributed by atoms with E-state index in [1.54, 1.807) is 12.4 Å². The third-order valence-corrected chi connectivity index (χ3v) is 12.3. The summed E-state index contributed by atoms with van der Waals surface area (Å²) in [6.07, 6.45) is 3.60. The standard InChI is InChI=1S/C42H29N2O3P/c1-26-23-30(19-21-43-26)34-25-35(31-20-22-44-27(2)24-31)41-42-40(34)46-38-32(28-11-5-3-6-12-28)15-9-17-36(38)48(42,45)37-18-10-16-33(39(37)47-41)29-13-7-4-8-14-29/h3-25H,1-2H3. The molecule has 0 saturated heterocycles. The fourth-order valence-electron chi connectivity index (χ4n) is 7.01. The zero-order chi connectivity index (χ0) is 32.4. The molecule has 230 valence electrons. The van der Waals surface area contributed by atoms with Gasteiger partial charge in [0.15, 0.2) is 18.6 Å². The number of rotatable bonds is 4. The molecule has 0 atom stereocenters. The summed E-state index contributed by atoms with van der Waals surface area (Å²) in [5.41, 5.74) is 8.97. The SMILES string of the molecule is Cc1cc(-c2cc(-c3ccnc(C)c3)c3c4c2Oc2c(-c5ccccc5)cccc2P4(=O)c2cccc(-c4ccccc4)c2O3)ccn1. The lowest BCUT2D eigenvalue weighted by atomic mass is 9.96. The predicted molar refractivity (Wildman–Crippen MR) is 193 cm³/mol. The minimum atomic E-state index is -3.61. The summed E-state index contributed by atoms with van der Waals surface area (Å²) in [5.74, 6) is 2.28. The van der Waals surface area contributed by atoms with E-state index in [9.17, 15) is 0 Å². The molecule has 0 fully saturated rings. The van der Waals surface area contributed by atoms with Crippen molar-refractivity contribution in [1.29, 1.82) is 0 Å². The Morgan fingerprint density at radius 2 is 0.917 bits per heavy atom. The Hall–Kier alpha value is -5.77. The molecule has 0 amide bonds. The van der Waals surface area contributed by atoms with E-state index in [0.29, 0.717) is 38.9 Å². The van der Waals surface area contributed by atoms with Gasteiger partial charge in [0.25, 0.3) is 0 Å². The van der Waals surface area contributed by atoms with E-state index in [0.717, 1.165) is 55.9 Å². The highest BCUT2D eigenvalue weighted by atomic mass is 31.2. The maximum atomic E-state index is 16.6. The number of fused-ring (bicyclic) bond motifs is 4. The van der Waals surface area contributed by atoms with Crippen LogP contribution in [0.5, 0.6) is 23.0 Å². The summed E-state index contributed by atoms with van der Waals surface area (Å²) in [6, 6.07) is 42.4. The smallest absolute Gasteiger partial charge is 0.185 e. The van der Waals surface area contributed by atoms with Gasteiger partial charge in [-0.05, 0) is 78.6 Å². The molecule has 0 unspecified atom stereocenters. The molecule has 5 aromatic carbocycles. The summed E-state index contributed by atoms with van der Waals surface area (Å²) >= 11 is 0. The highest BCUT2D eigenvalue weighted by Gasteiger charge is 2.49. The topological polar surface area (TPSA) is 61.3 Å². The van der Waals surface area contributed by atoms with Gasteiger partial charge in [0, 0.05) is 46.0 Å². The molecule has 7 aromatic rings. The predicted octanol–water partition coefficient (Wildman–Crippen LogP) is 9.61. The van der Waals surface area contributed by atoms with Crippen LogP contribution in [-0.2, 0) is 4.57 Å². The molecule has 0 bridgehead atoms. The van der Waals surface area contributed by atoms with E-state index in [1.807, 2.05) is 111 Å². The first-order valence-corrected chi connectivity index (χ1v) is 17.6. The number of hydrogen-bond donors (Lipinski definition) is 0. The van der Waals surface area contributed by atoms with Crippen molar-refractivity contribution in [2.75, 3.05) is 0 Å². The number of hydrogen-bond acceptors (Lipinski definition) is 5. The average molecular weight is 641 g/mol. The molecule has 9 rings (SSSR count). The average Bonchev–Trinajstić information content (AvgIpc) is 3.12. The van der Waals surface area contributed by atoms with E-state index in [2.05, 4.69) is 40.3 Å². The lowest BCUT2D eigenvalue weighted by Crippen LogP contribution is -2.36. The lowest BCUT2D eigenvalue weighted by Gasteiger charge is -2.38. The summed E-state index contributed by atoms with van der Waals surface area (Å²) in [4.78, 5) is 8.95. The van der Waals surface area contributed by atoms with Gasteiger partial charge in [-0.25, -0.2) is 0 Å². The second kappa shape index (κ2) is 10.9. The molecule has 2 aliphatic rings. The van der Waals surface area contributed by atoms with Crippen molar-refractivity contribution in [2.24, 2.45) is 0 Å². The van der Waals surface area contributed by atoms with Crippen molar-refractivity contribution < 1.29 is 14.0 Å². The van der Waals surface area contributed by atoms with Crippen molar-refractivity contribution in [2.45, 2.75) is 13.8 Å². The van der Waals surface area contributed by atoms with Crippen LogP contribution in [0.25, 0.3) is 44.5 Å². The molecule has 0 spiro atoms. The molecular weight excluding hydrogens is 611 g/mol. The van der Waals surface area contributed by atoms with Gasteiger partial charge < -0.3 is 14.0 Å². The summed E-state index contributed by atoms with van der Waals surface area (Å²) in [6.45, 7) is 3.94. The van der Waals surface area contributed by atoms with Crippen LogP contribution in [-0.4, -0.2) is 9.97 Å². The Morgan fingerprint density at radius 1 is 0.458 bits per heavy atom. The van der Waals surface area contributed by atoms with E-state index in [-0.39, 0.29) is 0 Å². The number of ether oxygens (including phenoxy) is 2. The van der Waals surface area contributed by atoms with Gasteiger partial charge in [-0.2, -0.15) is 0 Å². The number of aromatic nitrogens is 2. The minimum absolute atomic E-state index is 0.542. The van der Waals surface area contributed by atoms with Crippen LogP contribution in [0.2, 0.25) is 0 Å². The highest BCUT2D eigenvalue weighted by Crippen LogP contribution is 2.63. The zero-order valence-electron chi connectivity index (χ0n) is 26.3. The Bertz CT molecular complexity index is 2290. The molecule has 5 nitrogen and oxygen atoms in total. The summed E-state index contributed by atoms with van der Waals surface area (Å²) in [7, 11) is -3.61. The van der Waals surface area contributed by atoms with Crippen molar-refractivity contribution in [1.82, 2.24) is 9.97 Å². The van der Waals surface area contributed by atoms with Gasteiger partial charge in [-0.3, -0.25) is 9.97 Å². The maximum absolute atomic E-state index is 16.6. The van der Waals surface area contributed by atoms with Gasteiger partial charge in [0.1, 0.15) is 16.8 Å². The Morgan fingerprint density at radius 3 is 1.35 bits per heavy atom. The molecule has 0 aliphatic carbocycles. The first-order valence-electron chi connectivity index (χ1n) is 15.9. The zero-order valence-corrected chi connectivity index (χ0v) is 27.2. The molecule has 2 aromatic heterocycles.